The molecule has 100 valence electrons. The maximum absolute atomic E-state index is 11.5. The summed E-state index contributed by atoms with van der Waals surface area (Å²) >= 11 is 7.41. The van der Waals surface area contributed by atoms with Gasteiger partial charge in [0.15, 0.2) is 0 Å². The highest BCUT2D eigenvalue weighted by Gasteiger charge is 2.29. The third-order valence-corrected chi connectivity index (χ3v) is 4.04. The average Bonchev–Trinajstić information content (AvgIpc) is 2.65. The maximum atomic E-state index is 11.5. The molecule has 1 aromatic carbocycles. The number of halogens is 1. The van der Waals surface area contributed by atoms with E-state index in [1.165, 1.54) is 24.9 Å². The Balaban J connectivity index is 2.12. The second kappa shape index (κ2) is 5.63. The van der Waals surface area contributed by atoms with E-state index in [1.807, 2.05) is 0 Å². The number of Topliss-reactive ketones (excluding diaryl/α,β-unsaturated/α-hetero) is 1. The first-order valence-electron chi connectivity index (χ1n) is 5.41. The van der Waals surface area contributed by atoms with Gasteiger partial charge in [0.1, 0.15) is 0 Å². The average molecular weight is 300 g/mol. The van der Waals surface area contributed by atoms with Crippen LogP contribution in [0.15, 0.2) is 17.0 Å². The summed E-state index contributed by atoms with van der Waals surface area (Å²) in [6.07, 6.45) is 0.264. The van der Waals surface area contributed by atoms with Crippen molar-refractivity contribution in [1.82, 2.24) is 0 Å². The maximum Gasteiger partial charge on any atom is 0.306 e. The molecule has 1 aliphatic rings. The van der Waals surface area contributed by atoms with E-state index in [-0.39, 0.29) is 18.0 Å². The molecule has 1 heterocycles. The molecular formula is C12H10ClNO4S. The van der Waals surface area contributed by atoms with Gasteiger partial charge in [-0.25, -0.2) is 0 Å². The van der Waals surface area contributed by atoms with Crippen LogP contribution < -0.4 is 5.32 Å². The van der Waals surface area contributed by atoms with E-state index in [0.717, 1.165) is 0 Å². The summed E-state index contributed by atoms with van der Waals surface area (Å²) in [6.45, 7) is 0. The van der Waals surface area contributed by atoms with Crippen LogP contribution in [0.1, 0.15) is 16.8 Å². The standard InChI is InChI=1S/C12H10ClNO4S/c1-18-10(15)2-3-19-9-5-8-6(4-7(9)13)11(16)12(17)14-8/h4-5H,2-3H2,1H3,(H,14,16,17). The van der Waals surface area contributed by atoms with Crippen molar-refractivity contribution in [3.05, 3.63) is 22.7 Å². The summed E-state index contributed by atoms with van der Waals surface area (Å²) in [4.78, 5) is 34.4. The molecule has 0 unspecified atom stereocenters. The number of esters is 1. The van der Waals surface area contributed by atoms with Crippen LogP contribution in [-0.2, 0) is 14.3 Å². The predicted octanol–water partition coefficient (Wildman–Crippen LogP) is 2.13. The first-order valence-corrected chi connectivity index (χ1v) is 6.78. The number of methoxy groups -OCH3 is 1. The Kier molecular flexibility index (Phi) is 4.11. The number of nitrogens with one attached hydrogen (secondary N) is 1. The fourth-order valence-electron chi connectivity index (χ4n) is 1.60. The van der Waals surface area contributed by atoms with E-state index in [9.17, 15) is 14.4 Å². The molecule has 0 fully saturated rings. The van der Waals surface area contributed by atoms with E-state index in [0.29, 0.717) is 21.4 Å². The van der Waals surface area contributed by atoms with Gasteiger partial charge in [-0.05, 0) is 12.1 Å². The van der Waals surface area contributed by atoms with E-state index in [4.69, 9.17) is 11.6 Å². The molecule has 1 amide bonds. The zero-order valence-electron chi connectivity index (χ0n) is 9.99. The van der Waals surface area contributed by atoms with Crippen LogP contribution in [0, 0.1) is 0 Å². The number of amides is 1. The fraction of sp³-hybridized carbons (Fsp3) is 0.250. The molecule has 5 nitrogen and oxygen atoms in total. The van der Waals surface area contributed by atoms with Gasteiger partial charge in [0.2, 0.25) is 0 Å². The Morgan fingerprint density at radius 2 is 2.16 bits per heavy atom. The Hall–Kier alpha value is -1.53. The number of benzene rings is 1. The second-order valence-corrected chi connectivity index (χ2v) is 5.33. The lowest BCUT2D eigenvalue weighted by atomic mass is 10.1. The summed E-state index contributed by atoms with van der Waals surface area (Å²) in [5, 5.41) is 2.86. The van der Waals surface area contributed by atoms with Gasteiger partial charge in [0.05, 0.1) is 29.8 Å². The van der Waals surface area contributed by atoms with Crippen molar-refractivity contribution in [1.29, 1.82) is 0 Å². The molecule has 0 aromatic heterocycles. The van der Waals surface area contributed by atoms with E-state index >= 15 is 0 Å². The summed E-state index contributed by atoms with van der Waals surface area (Å²) in [6, 6.07) is 3.11. The monoisotopic (exact) mass is 299 g/mol. The quantitative estimate of drug-likeness (QED) is 0.524. The summed E-state index contributed by atoms with van der Waals surface area (Å²) in [5.41, 5.74) is 0.743. The van der Waals surface area contributed by atoms with Gasteiger partial charge in [-0.1, -0.05) is 11.6 Å². The molecule has 0 aliphatic carbocycles. The van der Waals surface area contributed by atoms with Crippen molar-refractivity contribution in [2.24, 2.45) is 0 Å². The fourth-order valence-corrected chi connectivity index (χ4v) is 2.82. The molecule has 2 rings (SSSR count). The minimum Gasteiger partial charge on any atom is -0.469 e. The highest BCUT2D eigenvalue weighted by Crippen LogP contribution is 2.35. The largest absolute Gasteiger partial charge is 0.469 e. The molecular weight excluding hydrogens is 290 g/mol. The second-order valence-electron chi connectivity index (χ2n) is 3.79. The smallest absolute Gasteiger partial charge is 0.306 e. The lowest BCUT2D eigenvalue weighted by Crippen LogP contribution is -2.12. The van der Waals surface area contributed by atoms with Crippen molar-refractivity contribution in [3.63, 3.8) is 0 Å². The number of carbonyl (C=O) groups is 3. The number of hydrogen-bond donors (Lipinski definition) is 1. The zero-order valence-corrected chi connectivity index (χ0v) is 11.6. The zero-order chi connectivity index (χ0) is 14.0. The highest BCUT2D eigenvalue weighted by molar-refractivity contribution is 7.99. The number of carbonyl (C=O) groups excluding carboxylic acids is 3. The minimum atomic E-state index is -0.650. The van der Waals surface area contributed by atoms with Crippen molar-refractivity contribution in [2.45, 2.75) is 11.3 Å². The number of ether oxygens (including phenoxy) is 1. The topological polar surface area (TPSA) is 72.5 Å². The van der Waals surface area contributed by atoms with Crippen molar-refractivity contribution in [2.75, 3.05) is 18.2 Å². The van der Waals surface area contributed by atoms with Crippen LogP contribution >= 0.6 is 23.4 Å². The van der Waals surface area contributed by atoms with Gasteiger partial charge in [-0.15, -0.1) is 11.8 Å². The predicted molar refractivity (Wildman–Crippen MR) is 71.8 cm³/mol. The van der Waals surface area contributed by atoms with Gasteiger partial charge in [-0.3, -0.25) is 14.4 Å². The Morgan fingerprint density at radius 1 is 1.42 bits per heavy atom. The number of fused-ring (bicyclic) bond motifs is 1. The number of hydrogen-bond acceptors (Lipinski definition) is 5. The summed E-state index contributed by atoms with van der Waals surface area (Å²) in [5.74, 6) is -1.02. The Labute approximate surface area is 118 Å². The van der Waals surface area contributed by atoms with Gasteiger partial charge in [-0.2, -0.15) is 0 Å². The molecule has 0 atom stereocenters. The van der Waals surface area contributed by atoms with Crippen LogP contribution in [0.5, 0.6) is 0 Å². The SMILES string of the molecule is COC(=O)CCSc1cc2c(cc1Cl)C(=O)C(=O)N2. The van der Waals surface area contributed by atoms with Crippen molar-refractivity contribution >= 4 is 46.7 Å². The molecule has 1 aliphatic heterocycles. The molecule has 1 aromatic rings. The third kappa shape index (κ3) is 2.90. The Morgan fingerprint density at radius 3 is 2.84 bits per heavy atom. The molecule has 0 spiro atoms. The lowest BCUT2D eigenvalue weighted by Gasteiger charge is -2.06. The first kappa shape index (κ1) is 13.9. The van der Waals surface area contributed by atoms with Crippen LogP contribution in [0.3, 0.4) is 0 Å². The molecule has 0 saturated heterocycles. The summed E-state index contributed by atoms with van der Waals surface area (Å²) in [7, 11) is 1.33. The van der Waals surface area contributed by atoms with Crippen LogP contribution in [0.4, 0.5) is 5.69 Å². The van der Waals surface area contributed by atoms with Crippen LogP contribution in [-0.4, -0.2) is 30.5 Å². The van der Waals surface area contributed by atoms with Gasteiger partial charge in [0, 0.05) is 10.6 Å². The van der Waals surface area contributed by atoms with Gasteiger partial charge < -0.3 is 10.1 Å². The van der Waals surface area contributed by atoms with E-state index in [1.54, 1.807) is 6.07 Å². The molecule has 0 bridgehead atoms. The molecule has 1 N–H and O–H groups in total. The van der Waals surface area contributed by atoms with Crippen LogP contribution in [0.2, 0.25) is 5.02 Å². The molecule has 7 heteroatoms. The van der Waals surface area contributed by atoms with Gasteiger partial charge >= 0.3 is 5.97 Å². The number of ketones is 1. The molecule has 0 radical (unpaired) electrons. The highest BCUT2D eigenvalue weighted by atomic mass is 35.5. The van der Waals surface area contributed by atoms with E-state index in [2.05, 4.69) is 10.1 Å². The van der Waals surface area contributed by atoms with Crippen molar-refractivity contribution < 1.29 is 19.1 Å². The summed E-state index contributed by atoms with van der Waals surface area (Å²) < 4.78 is 4.53. The van der Waals surface area contributed by atoms with Crippen molar-refractivity contribution in [3.8, 4) is 0 Å². The molecule has 19 heavy (non-hydrogen) atoms. The number of thioether (sulfide) groups is 1. The van der Waals surface area contributed by atoms with Gasteiger partial charge in [0.25, 0.3) is 11.7 Å². The van der Waals surface area contributed by atoms with Crippen LogP contribution in [0.25, 0.3) is 0 Å². The lowest BCUT2D eigenvalue weighted by molar-refractivity contribution is -0.140. The molecule has 0 saturated carbocycles. The first-order chi connectivity index (χ1) is 9.02. The normalized spacial score (nSPS) is 13.2. The number of anilines is 1. The van der Waals surface area contributed by atoms with E-state index < -0.39 is 11.7 Å². The third-order valence-electron chi connectivity index (χ3n) is 2.56. The number of rotatable bonds is 4. The minimum absolute atomic E-state index is 0.264. The Bertz CT molecular complexity index is 573.